The van der Waals surface area contributed by atoms with Crippen molar-refractivity contribution in [3.05, 3.63) is 53.5 Å². The topological polar surface area (TPSA) is 99.0 Å². The van der Waals surface area contributed by atoms with E-state index in [9.17, 15) is 8.42 Å². The number of para-hydroxylation sites is 1. The molecule has 4 rings (SSSR count). The monoisotopic (exact) mass is 427 g/mol. The summed E-state index contributed by atoms with van der Waals surface area (Å²) in [5.74, 6) is 1.08. The lowest BCUT2D eigenvalue weighted by atomic mass is 9.76. The third-order valence-electron chi connectivity index (χ3n) is 5.27. The van der Waals surface area contributed by atoms with E-state index in [-0.39, 0.29) is 16.3 Å². The van der Waals surface area contributed by atoms with Gasteiger partial charge in [-0.05, 0) is 43.2 Å². The Balaban J connectivity index is 1.75. The zero-order valence-electron chi connectivity index (χ0n) is 17.5. The molecule has 1 aliphatic rings. The number of sulfonamides is 1. The van der Waals surface area contributed by atoms with Crippen molar-refractivity contribution in [1.82, 2.24) is 19.7 Å². The third kappa shape index (κ3) is 4.16. The molecule has 2 aromatic heterocycles. The first-order chi connectivity index (χ1) is 14.1. The van der Waals surface area contributed by atoms with Crippen LogP contribution in [-0.4, -0.2) is 28.2 Å². The number of aromatic nitrogens is 4. The van der Waals surface area contributed by atoms with Gasteiger partial charge in [0.2, 0.25) is 11.8 Å². The van der Waals surface area contributed by atoms with Gasteiger partial charge in [0.1, 0.15) is 10.6 Å². The number of hydrogen-bond donors (Lipinski definition) is 1. The third-order valence-corrected chi connectivity index (χ3v) is 6.55. The van der Waals surface area contributed by atoms with E-state index in [1.165, 1.54) is 17.1 Å². The molecule has 0 atom stereocenters. The van der Waals surface area contributed by atoms with E-state index in [1.54, 1.807) is 7.05 Å². The van der Waals surface area contributed by atoms with Crippen LogP contribution in [0.15, 0.2) is 41.6 Å². The Hall–Kier alpha value is -2.94. The highest BCUT2D eigenvalue weighted by atomic mass is 32.2. The summed E-state index contributed by atoms with van der Waals surface area (Å²) in [6, 6.07) is 7.66. The molecule has 30 heavy (non-hydrogen) atoms. The van der Waals surface area contributed by atoms with Crippen LogP contribution in [0.4, 0.5) is 5.95 Å². The van der Waals surface area contributed by atoms with Crippen molar-refractivity contribution >= 4 is 16.0 Å². The highest BCUT2D eigenvalue weighted by Crippen LogP contribution is 2.39. The molecule has 0 unspecified atom stereocenters. The summed E-state index contributed by atoms with van der Waals surface area (Å²) in [4.78, 5) is 9.03. The average molecular weight is 428 g/mol. The number of rotatable bonds is 5. The highest BCUT2D eigenvalue weighted by molar-refractivity contribution is 7.92. The predicted molar refractivity (Wildman–Crippen MR) is 113 cm³/mol. The molecular formula is C21H25N5O3S. The SMILES string of the molecule is Cc1ccccc1Oc1nc(NS(=O)(=O)c2cnn(C)c2)nc2c1CCC(C)(C)C2. The molecule has 0 radical (unpaired) electrons. The lowest BCUT2D eigenvalue weighted by molar-refractivity contribution is 0.305. The van der Waals surface area contributed by atoms with Gasteiger partial charge in [0, 0.05) is 18.8 Å². The fourth-order valence-corrected chi connectivity index (χ4v) is 4.46. The zero-order chi connectivity index (χ0) is 21.5. The molecule has 9 heteroatoms. The van der Waals surface area contributed by atoms with Crippen LogP contribution >= 0.6 is 0 Å². The number of anilines is 1. The van der Waals surface area contributed by atoms with Crippen LogP contribution in [0.5, 0.6) is 11.6 Å². The van der Waals surface area contributed by atoms with Crippen molar-refractivity contribution in [2.24, 2.45) is 12.5 Å². The second kappa shape index (κ2) is 7.39. The lowest BCUT2D eigenvalue weighted by Crippen LogP contribution is -2.25. The van der Waals surface area contributed by atoms with Gasteiger partial charge >= 0.3 is 0 Å². The lowest BCUT2D eigenvalue weighted by Gasteiger charge is -2.31. The van der Waals surface area contributed by atoms with Gasteiger partial charge in [-0.1, -0.05) is 32.0 Å². The molecule has 0 aliphatic heterocycles. The zero-order valence-corrected chi connectivity index (χ0v) is 18.3. The maximum absolute atomic E-state index is 12.7. The van der Waals surface area contributed by atoms with Crippen LogP contribution < -0.4 is 9.46 Å². The minimum Gasteiger partial charge on any atom is -0.438 e. The van der Waals surface area contributed by atoms with E-state index in [4.69, 9.17) is 4.74 Å². The second-order valence-corrected chi connectivity index (χ2v) is 10.1. The Morgan fingerprint density at radius 3 is 2.67 bits per heavy atom. The molecule has 158 valence electrons. The Morgan fingerprint density at radius 2 is 1.97 bits per heavy atom. The molecule has 0 saturated heterocycles. The average Bonchev–Trinajstić information content (AvgIpc) is 3.09. The van der Waals surface area contributed by atoms with E-state index >= 15 is 0 Å². The molecule has 8 nitrogen and oxygen atoms in total. The number of benzene rings is 1. The minimum absolute atomic E-state index is 0.00103. The summed E-state index contributed by atoms with van der Waals surface area (Å²) in [5, 5.41) is 3.93. The van der Waals surface area contributed by atoms with Crippen molar-refractivity contribution in [2.75, 3.05) is 4.72 Å². The van der Waals surface area contributed by atoms with Gasteiger partial charge in [0.15, 0.2) is 0 Å². The van der Waals surface area contributed by atoms with Gasteiger partial charge in [0.05, 0.1) is 11.9 Å². The van der Waals surface area contributed by atoms with Gasteiger partial charge in [-0.25, -0.2) is 18.1 Å². The second-order valence-electron chi connectivity index (χ2n) is 8.44. The van der Waals surface area contributed by atoms with Crippen molar-refractivity contribution in [2.45, 2.75) is 44.9 Å². The minimum atomic E-state index is -3.86. The van der Waals surface area contributed by atoms with Crippen LogP contribution in [-0.2, 0) is 29.9 Å². The van der Waals surface area contributed by atoms with E-state index in [1.807, 2.05) is 31.2 Å². The van der Waals surface area contributed by atoms with Gasteiger partial charge in [-0.3, -0.25) is 4.68 Å². The fraction of sp³-hybridized carbons (Fsp3) is 0.381. The summed E-state index contributed by atoms with van der Waals surface area (Å²) >= 11 is 0. The van der Waals surface area contributed by atoms with Crippen molar-refractivity contribution in [1.29, 1.82) is 0 Å². The molecule has 2 heterocycles. The van der Waals surface area contributed by atoms with Crippen molar-refractivity contribution in [3.63, 3.8) is 0 Å². The van der Waals surface area contributed by atoms with Crippen LogP contribution in [0.1, 0.15) is 37.1 Å². The number of ether oxygens (including phenoxy) is 1. The molecule has 0 fully saturated rings. The first-order valence-corrected chi connectivity index (χ1v) is 11.3. The first-order valence-electron chi connectivity index (χ1n) is 9.78. The van der Waals surface area contributed by atoms with Gasteiger partial charge in [-0.15, -0.1) is 0 Å². The Bertz CT molecular complexity index is 1200. The fourth-order valence-electron chi connectivity index (χ4n) is 3.53. The van der Waals surface area contributed by atoms with E-state index in [0.29, 0.717) is 11.6 Å². The molecule has 0 amide bonds. The Morgan fingerprint density at radius 1 is 1.20 bits per heavy atom. The molecule has 0 spiro atoms. The van der Waals surface area contributed by atoms with Gasteiger partial charge in [-0.2, -0.15) is 10.1 Å². The summed E-state index contributed by atoms with van der Waals surface area (Å²) in [7, 11) is -2.20. The van der Waals surface area contributed by atoms with Gasteiger partial charge in [0.25, 0.3) is 10.0 Å². The summed E-state index contributed by atoms with van der Waals surface area (Å²) in [6.07, 6.45) is 5.19. The molecule has 1 N–H and O–H groups in total. The van der Waals surface area contributed by atoms with Crippen molar-refractivity contribution < 1.29 is 13.2 Å². The van der Waals surface area contributed by atoms with Crippen LogP contribution in [0.3, 0.4) is 0 Å². The van der Waals surface area contributed by atoms with Gasteiger partial charge < -0.3 is 4.74 Å². The van der Waals surface area contributed by atoms with Crippen LogP contribution in [0.25, 0.3) is 0 Å². The molecule has 0 saturated carbocycles. The van der Waals surface area contributed by atoms with E-state index < -0.39 is 10.0 Å². The van der Waals surface area contributed by atoms with E-state index in [2.05, 4.69) is 33.6 Å². The normalized spacial score (nSPS) is 15.5. The quantitative estimate of drug-likeness (QED) is 0.668. The predicted octanol–water partition coefficient (Wildman–Crippen LogP) is 3.63. The molecule has 1 aromatic carbocycles. The Kier molecular flexibility index (Phi) is 5.01. The number of fused-ring (bicyclic) bond motifs is 1. The summed E-state index contributed by atoms with van der Waals surface area (Å²) in [5.41, 5.74) is 2.79. The highest BCUT2D eigenvalue weighted by Gasteiger charge is 2.31. The van der Waals surface area contributed by atoms with Crippen molar-refractivity contribution in [3.8, 4) is 11.6 Å². The summed E-state index contributed by atoms with van der Waals surface area (Å²) in [6.45, 7) is 6.32. The summed E-state index contributed by atoms with van der Waals surface area (Å²) < 4.78 is 35.5. The maximum atomic E-state index is 12.7. The standard InChI is InChI=1S/C21H25N5O3S/c1-14-7-5-6-8-18(14)29-19-16-9-10-21(2,3)11-17(16)23-20(24-19)25-30(27,28)15-12-22-26(4)13-15/h5-8,12-13H,9-11H2,1-4H3,(H,23,24,25). The molecule has 1 aliphatic carbocycles. The van der Waals surface area contributed by atoms with Crippen LogP contribution in [0.2, 0.25) is 0 Å². The number of aryl methyl sites for hydroxylation is 2. The van der Waals surface area contributed by atoms with E-state index in [0.717, 1.165) is 36.1 Å². The largest absolute Gasteiger partial charge is 0.438 e. The molecule has 3 aromatic rings. The smallest absolute Gasteiger partial charge is 0.267 e. The molecular weight excluding hydrogens is 402 g/mol. The van der Waals surface area contributed by atoms with Crippen LogP contribution in [0, 0.1) is 12.3 Å². The number of hydrogen-bond acceptors (Lipinski definition) is 6. The maximum Gasteiger partial charge on any atom is 0.267 e. The first kappa shape index (κ1) is 20.3. The molecule has 0 bridgehead atoms. The Labute approximate surface area is 176 Å². The number of nitrogens with one attached hydrogen (secondary N) is 1. The number of nitrogens with zero attached hydrogens (tertiary/aromatic N) is 4.